The van der Waals surface area contributed by atoms with E-state index in [2.05, 4.69) is 26.6 Å². The second-order valence-corrected chi connectivity index (χ2v) is 6.22. The molecule has 0 unspecified atom stereocenters. The van der Waals surface area contributed by atoms with E-state index in [9.17, 15) is 4.79 Å². The van der Waals surface area contributed by atoms with E-state index in [0.29, 0.717) is 11.7 Å². The van der Waals surface area contributed by atoms with Crippen LogP contribution in [-0.4, -0.2) is 32.9 Å². The van der Waals surface area contributed by atoms with E-state index < -0.39 is 0 Å². The lowest BCUT2D eigenvalue weighted by atomic mass is 9.97. The molecule has 0 saturated carbocycles. The summed E-state index contributed by atoms with van der Waals surface area (Å²) >= 11 is 1.30. The predicted octanol–water partition coefficient (Wildman–Crippen LogP) is 1.87. The molecule has 7 heteroatoms. The topological polar surface area (TPSA) is 96.7 Å². The minimum atomic E-state index is -0.231. The van der Waals surface area contributed by atoms with Crippen molar-refractivity contribution in [3.8, 4) is 0 Å². The van der Waals surface area contributed by atoms with Gasteiger partial charge in [-0.05, 0) is 39.0 Å². The molecule has 1 heterocycles. The Morgan fingerprint density at radius 1 is 1.60 bits per heavy atom. The third kappa shape index (κ3) is 4.56. The van der Waals surface area contributed by atoms with Crippen LogP contribution in [0.5, 0.6) is 0 Å². The lowest BCUT2D eigenvalue weighted by molar-refractivity contribution is -0.120. The van der Waals surface area contributed by atoms with Crippen molar-refractivity contribution < 1.29 is 4.79 Å². The van der Waals surface area contributed by atoms with Crippen molar-refractivity contribution in [1.82, 2.24) is 20.5 Å². The van der Waals surface area contributed by atoms with Gasteiger partial charge in [0.15, 0.2) is 0 Å². The molecule has 2 rings (SSSR count). The first-order valence-electron chi connectivity index (χ1n) is 6.95. The smallest absolute Gasteiger partial charge is 0.233 e. The van der Waals surface area contributed by atoms with Crippen LogP contribution < -0.4 is 11.1 Å². The number of carbonyl (C=O) groups excluding carboxylic acids is 1. The van der Waals surface area contributed by atoms with Crippen molar-refractivity contribution in [1.29, 1.82) is 0 Å². The number of carbonyl (C=O) groups is 1. The van der Waals surface area contributed by atoms with Crippen molar-refractivity contribution in [2.24, 2.45) is 0 Å². The number of amides is 1. The summed E-state index contributed by atoms with van der Waals surface area (Å²) in [6.07, 6.45) is 8.20. The van der Waals surface area contributed by atoms with Gasteiger partial charge in [-0.2, -0.15) is 4.98 Å². The van der Waals surface area contributed by atoms with E-state index in [1.807, 2.05) is 6.92 Å². The standard InChI is InChI=1S/C13H21N5OS/c1-9(20-13-16-12(14)17-18-13)11(19)15-8-7-10-5-3-2-4-6-10/h5,9H,2-4,6-8H2,1H3,(H,15,19)(H3,14,16,17,18)/t9-/m0/s1. The van der Waals surface area contributed by atoms with Gasteiger partial charge in [0.2, 0.25) is 17.0 Å². The predicted molar refractivity (Wildman–Crippen MR) is 80.3 cm³/mol. The first-order chi connectivity index (χ1) is 9.65. The van der Waals surface area contributed by atoms with Crippen molar-refractivity contribution in [3.05, 3.63) is 11.6 Å². The fourth-order valence-corrected chi connectivity index (χ4v) is 2.90. The average Bonchev–Trinajstić information content (AvgIpc) is 2.85. The van der Waals surface area contributed by atoms with E-state index in [1.165, 1.54) is 43.0 Å². The Kier molecular flexibility index (Phi) is 5.46. The van der Waals surface area contributed by atoms with Gasteiger partial charge in [-0.25, -0.2) is 5.10 Å². The number of H-pyrrole nitrogens is 1. The molecule has 0 radical (unpaired) electrons. The van der Waals surface area contributed by atoms with Crippen molar-refractivity contribution in [2.45, 2.75) is 49.4 Å². The summed E-state index contributed by atoms with van der Waals surface area (Å²) in [5.41, 5.74) is 6.91. The second-order valence-electron chi connectivity index (χ2n) is 4.91. The number of nitrogens with one attached hydrogen (secondary N) is 2. The number of aromatic nitrogens is 3. The molecule has 6 nitrogen and oxygen atoms in total. The van der Waals surface area contributed by atoms with E-state index in [4.69, 9.17) is 5.73 Å². The van der Waals surface area contributed by atoms with Crippen LogP contribution in [0.25, 0.3) is 0 Å². The molecular weight excluding hydrogens is 274 g/mol. The Morgan fingerprint density at radius 3 is 3.10 bits per heavy atom. The van der Waals surface area contributed by atoms with Crippen LogP contribution in [0.1, 0.15) is 39.0 Å². The molecule has 4 N–H and O–H groups in total. The van der Waals surface area contributed by atoms with Crippen LogP contribution in [0.3, 0.4) is 0 Å². The van der Waals surface area contributed by atoms with Gasteiger partial charge < -0.3 is 11.1 Å². The highest BCUT2D eigenvalue weighted by Crippen LogP contribution is 2.21. The Hall–Kier alpha value is -1.50. The summed E-state index contributed by atoms with van der Waals surface area (Å²) in [5.74, 6) is 0.277. The quantitative estimate of drug-likeness (QED) is 0.550. The van der Waals surface area contributed by atoms with Crippen molar-refractivity contribution in [2.75, 3.05) is 12.3 Å². The molecule has 1 aromatic rings. The molecule has 20 heavy (non-hydrogen) atoms. The normalized spacial score (nSPS) is 16.6. The van der Waals surface area contributed by atoms with E-state index in [0.717, 1.165) is 6.42 Å². The Morgan fingerprint density at radius 2 is 2.45 bits per heavy atom. The number of thioether (sulfide) groups is 1. The zero-order valence-electron chi connectivity index (χ0n) is 11.7. The van der Waals surface area contributed by atoms with Crippen LogP contribution in [0.4, 0.5) is 5.95 Å². The lowest BCUT2D eigenvalue weighted by Crippen LogP contribution is -2.32. The third-order valence-electron chi connectivity index (χ3n) is 3.26. The average molecular weight is 295 g/mol. The monoisotopic (exact) mass is 295 g/mol. The highest BCUT2D eigenvalue weighted by atomic mass is 32.2. The number of rotatable bonds is 6. The zero-order valence-corrected chi connectivity index (χ0v) is 12.5. The first kappa shape index (κ1) is 14.9. The maximum Gasteiger partial charge on any atom is 0.233 e. The molecule has 1 aliphatic carbocycles. The van der Waals surface area contributed by atoms with Crippen LogP contribution in [0.15, 0.2) is 16.8 Å². The molecule has 0 aliphatic heterocycles. The first-order valence-corrected chi connectivity index (χ1v) is 7.83. The summed E-state index contributed by atoms with van der Waals surface area (Å²) in [4.78, 5) is 15.9. The second kappa shape index (κ2) is 7.33. The number of hydrogen-bond acceptors (Lipinski definition) is 5. The lowest BCUT2D eigenvalue weighted by Gasteiger charge is -2.14. The molecule has 0 spiro atoms. The Bertz CT molecular complexity index is 485. The van der Waals surface area contributed by atoms with Crippen LogP contribution in [0.2, 0.25) is 0 Å². The third-order valence-corrected chi connectivity index (χ3v) is 4.22. The largest absolute Gasteiger partial charge is 0.368 e. The highest BCUT2D eigenvalue weighted by Gasteiger charge is 2.16. The van der Waals surface area contributed by atoms with Crippen LogP contribution in [0, 0.1) is 0 Å². The van der Waals surface area contributed by atoms with Gasteiger partial charge in [-0.1, -0.05) is 23.4 Å². The van der Waals surface area contributed by atoms with Gasteiger partial charge in [0.05, 0.1) is 5.25 Å². The fraction of sp³-hybridized carbons (Fsp3) is 0.615. The number of nitrogen functional groups attached to an aromatic ring is 1. The number of aromatic amines is 1. The van der Waals surface area contributed by atoms with Gasteiger partial charge >= 0.3 is 0 Å². The number of nitrogens with two attached hydrogens (primary N) is 1. The zero-order chi connectivity index (χ0) is 14.4. The van der Waals surface area contributed by atoms with Gasteiger partial charge in [0, 0.05) is 6.54 Å². The van der Waals surface area contributed by atoms with Gasteiger partial charge in [-0.15, -0.1) is 5.10 Å². The number of hydrogen-bond donors (Lipinski definition) is 3. The summed E-state index contributed by atoms with van der Waals surface area (Å²) in [6.45, 7) is 2.54. The molecule has 1 amide bonds. The molecule has 0 bridgehead atoms. The highest BCUT2D eigenvalue weighted by molar-refractivity contribution is 8.00. The van der Waals surface area contributed by atoms with Crippen LogP contribution in [-0.2, 0) is 4.79 Å². The summed E-state index contributed by atoms with van der Waals surface area (Å²) in [6, 6.07) is 0. The van der Waals surface area contributed by atoms with Crippen LogP contribution >= 0.6 is 11.8 Å². The summed E-state index contributed by atoms with van der Waals surface area (Å²) < 4.78 is 0. The van der Waals surface area contributed by atoms with Gasteiger partial charge in [-0.3, -0.25) is 4.79 Å². The number of anilines is 1. The summed E-state index contributed by atoms with van der Waals surface area (Å²) in [7, 11) is 0. The molecule has 1 aromatic heterocycles. The number of allylic oxidation sites excluding steroid dienone is 1. The van der Waals surface area contributed by atoms with Gasteiger partial charge in [0.25, 0.3) is 0 Å². The maximum absolute atomic E-state index is 11.9. The van der Waals surface area contributed by atoms with E-state index in [1.54, 1.807) is 0 Å². The SMILES string of the molecule is C[C@H](Sc1n[nH]c(N)n1)C(=O)NCCC1=CCCCC1. The summed E-state index contributed by atoms with van der Waals surface area (Å²) in [5, 5.41) is 9.69. The molecular formula is C13H21N5OS. The molecule has 0 saturated heterocycles. The molecule has 1 aliphatic rings. The molecule has 0 aromatic carbocycles. The molecule has 0 fully saturated rings. The van der Waals surface area contributed by atoms with Gasteiger partial charge in [0.1, 0.15) is 0 Å². The molecule has 1 atom stereocenters. The number of nitrogens with zero attached hydrogens (tertiary/aromatic N) is 2. The van der Waals surface area contributed by atoms with E-state index in [-0.39, 0.29) is 17.1 Å². The van der Waals surface area contributed by atoms with E-state index >= 15 is 0 Å². The maximum atomic E-state index is 11.9. The molecule has 110 valence electrons. The minimum absolute atomic E-state index is 0.00906. The van der Waals surface area contributed by atoms with Crippen molar-refractivity contribution in [3.63, 3.8) is 0 Å². The van der Waals surface area contributed by atoms with Crippen molar-refractivity contribution >= 4 is 23.6 Å². The Balaban J connectivity index is 1.69. The fourth-order valence-electron chi connectivity index (χ4n) is 2.14. The Labute approximate surface area is 123 Å². The minimum Gasteiger partial charge on any atom is -0.368 e.